The van der Waals surface area contributed by atoms with Crippen molar-refractivity contribution in [1.82, 2.24) is 15.3 Å². The molecule has 110 valence electrons. The lowest BCUT2D eigenvalue weighted by atomic mass is 10.2. The highest BCUT2D eigenvalue weighted by atomic mass is 79.9. The molecule has 8 heteroatoms. The molecule has 1 saturated heterocycles. The Balaban J connectivity index is 2.19. The van der Waals surface area contributed by atoms with Crippen molar-refractivity contribution < 1.29 is 9.53 Å². The molecule has 0 spiro atoms. The van der Waals surface area contributed by atoms with Crippen LogP contribution in [0.1, 0.15) is 13.3 Å². The van der Waals surface area contributed by atoms with Gasteiger partial charge in [-0.25, -0.2) is 4.98 Å². The summed E-state index contributed by atoms with van der Waals surface area (Å²) in [5.41, 5.74) is 5.73. The lowest BCUT2D eigenvalue weighted by Gasteiger charge is -2.34. The molecule has 0 saturated carbocycles. The van der Waals surface area contributed by atoms with E-state index >= 15 is 0 Å². The monoisotopic (exact) mass is 343 g/mol. The molecule has 3 N–H and O–H groups in total. The van der Waals surface area contributed by atoms with E-state index in [1.807, 2.05) is 11.8 Å². The number of rotatable bonds is 4. The third-order valence-corrected chi connectivity index (χ3v) is 3.35. The van der Waals surface area contributed by atoms with Crippen LogP contribution in [-0.4, -0.2) is 48.2 Å². The zero-order valence-corrected chi connectivity index (χ0v) is 12.9. The molecule has 0 radical (unpaired) electrons. The fraction of sp³-hybridized carbons (Fsp3) is 0.583. The first-order valence-electron chi connectivity index (χ1n) is 6.54. The number of morpholine rings is 1. The third-order valence-electron chi connectivity index (χ3n) is 2.94. The summed E-state index contributed by atoms with van der Waals surface area (Å²) in [6.45, 7) is 4.07. The van der Waals surface area contributed by atoms with Crippen LogP contribution in [-0.2, 0) is 9.53 Å². The number of carbonyl (C=O) groups is 1. The van der Waals surface area contributed by atoms with Crippen LogP contribution in [0.3, 0.4) is 0 Å². The Labute approximate surface area is 126 Å². The Morgan fingerprint density at radius 2 is 2.45 bits per heavy atom. The maximum atomic E-state index is 12.2. The number of carbonyl (C=O) groups excluding carboxylic acids is 1. The number of nitrogen functional groups attached to an aromatic ring is 1. The molecule has 0 aliphatic carbocycles. The molecular weight excluding hydrogens is 326 g/mol. The van der Waals surface area contributed by atoms with Gasteiger partial charge in [0.25, 0.3) is 0 Å². The summed E-state index contributed by atoms with van der Waals surface area (Å²) in [5, 5.41) is 2.87. The maximum absolute atomic E-state index is 12.2. The minimum absolute atomic E-state index is 0.0753. The van der Waals surface area contributed by atoms with Gasteiger partial charge in [-0.2, -0.15) is 4.98 Å². The first-order chi connectivity index (χ1) is 9.61. The lowest BCUT2D eigenvalue weighted by Crippen LogP contribution is -2.54. The number of nitrogens with zero attached hydrogens (tertiary/aromatic N) is 3. The molecule has 0 bridgehead atoms. The molecular formula is C12H18BrN5O2. The van der Waals surface area contributed by atoms with Gasteiger partial charge in [0, 0.05) is 19.2 Å². The lowest BCUT2D eigenvalue weighted by molar-refractivity contribution is -0.124. The molecule has 1 amide bonds. The van der Waals surface area contributed by atoms with Crippen molar-refractivity contribution in [2.24, 2.45) is 0 Å². The topological polar surface area (TPSA) is 93.4 Å². The van der Waals surface area contributed by atoms with Crippen molar-refractivity contribution in [2.45, 2.75) is 19.4 Å². The average molecular weight is 344 g/mol. The molecule has 1 aliphatic heterocycles. The zero-order valence-electron chi connectivity index (χ0n) is 11.3. The fourth-order valence-corrected chi connectivity index (χ4v) is 2.37. The van der Waals surface area contributed by atoms with Crippen LogP contribution in [0.4, 0.5) is 11.8 Å². The second-order valence-corrected chi connectivity index (χ2v) is 5.30. The van der Waals surface area contributed by atoms with Crippen molar-refractivity contribution in [1.29, 1.82) is 0 Å². The number of aromatic nitrogens is 2. The fourth-order valence-electron chi connectivity index (χ4n) is 1.98. The largest absolute Gasteiger partial charge is 0.383 e. The molecule has 0 aromatic carbocycles. The Morgan fingerprint density at radius 3 is 3.15 bits per heavy atom. The summed E-state index contributed by atoms with van der Waals surface area (Å²) in [7, 11) is 0. The van der Waals surface area contributed by atoms with Crippen LogP contribution < -0.4 is 16.0 Å². The van der Waals surface area contributed by atoms with Gasteiger partial charge in [-0.1, -0.05) is 6.92 Å². The summed E-state index contributed by atoms with van der Waals surface area (Å²) in [6.07, 6.45) is 0.889. The summed E-state index contributed by atoms with van der Waals surface area (Å²) < 4.78 is 5.99. The number of amides is 1. The standard InChI is InChI=1S/C12H18BrN5O2/c1-2-3-15-11(19)8-7-20-5-4-18(8)12-16-9(13)6-10(14)17-12/h6,8H,2-5,7H2,1H3,(H,15,19)(H2,14,16,17). The van der Waals surface area contributed by atoms with Crippen molar-refractivity contribution in [3.63, 3.8) is 0 Å². The van der Waals surface area contributed by atoms with E-state index in [1.165, 1.54) is 0 Å². The molecule has 1 atom stereocenters. The van der Waals surface area contributed by atoms with Gasteiger partial charge in [-0.05, 0) is 22.4 Å². The van der Waals surface area contributed by atoms with Crippen LogP contribution in [0.5, 0.6) is 0 Å². The Bertz CT molecular complexity index is 465. The smallest absolute Gasteiger partial charge is 0.245 e. The molecule has 2 rings (SSSR count). The Morgan fingerprint density at radius 1 is 1.65 bits per heavy atom. The first kappa shape index (κ1) is 15.0. The molecule has 1 fully saturated rings. The Hall–Kier alpha value is -1.41. The van der Waals surface area contributed by atoms with Gasteiger partial charge >= 0.3 is 0 Å². The van der Waals surface area contributed by atoms with Crippen molar-refractivity contribution in [2.75, 3.05) is 36.9 Å². The number of hydrogen-bond donors (Lipinski definition) is 2. The van der Waals surface area contributed by atoms with Gasteiger partial charge in [0.1, 0.15) is 16.5 Å². The highest BCUT2D eigenvalue weighted by molar-refractivity contribution is 9.10. The predicted molar refractivity (Wildman–Crippen MR) is 79.4 cm³/mol. The van der Waals surface area contributed by atoms with Crippen LogP contribution in [0.15, 0.2) is 10.7 Å². The van der Waals surface area contributed by atoms with Gasteiger partial charge in [0.15, 0.2) is 0 Å². The van der Waals surface area contributed by atoms with Crippen molar-refractivity contribution in [3.8, 4) is 0 Å². The van der Waals surface area contributed by atoms with E-state index in [4.69, 9.17) is 10.5 Å². The maximum Gasteiger partial charge on any atom is 0.245 e. The van der Waals surface area contributed by atoms with Crippen molar-refractivity contribution in [3.05, 3.63) is 10.7 Å². The first-order valence-corrected chi connectivity index (χ1v) is 7.33. The number of nitrogens with two attached hydrogens (primary N) is 1. The van der Waals surface area contributed by atoms with E-state index in [-0.39, 0.29) is 5.91 Å². The van der Waals surface area contributed by atoms with Crippen LogP contribution in [0.2, 0.25) is 0 Å². The molecule has 1 unspecified atom stereocenters. The summed E-state index contributed by atoms with van der Waals surface area (Å²) in [4.78, 5) is 22.5. The minimum atomic E-state index is -0.427. The van der Waals surface area contributed by atoms with Gasteiger partial charge < -0.3 is 20.7 Å². The highest BCUT2D eigenvalue weighted by Crippen LogP contribution is 2.20. The molecule has 1 aromatic rings. The second-order valence-electron chi connectivity index (χ2n) is 4.49. The van der Waals surface area contributed by atoms with Gasteiger partial charge in [0.05, 0.1) is 13.2 Å². The highest BCUT2D eigenvalue weighted by Gasteiger charge is 2.31. The van der Waals surface area contributed by atoms with Crippen LogP contribution in [0.25, 0.3) is 0 Å². The Kier molecular flexibility index (Phi) is 5.13. The molecule has 7 nitrogen and oxygen atoms in total. The van der Waals surface area contributed by atoms with Gasteiger partial charge in [-0.3, -0.25) is 4.79 Å². The normalized spacial score (nSPS) is 18.9. The molecule has 20 heavy (non-hydrogen) atoms. The van der Waals surface area contributed by atoms with Crippen molar-refractivity contribution >= 4 is 33.6 Å². The van der Waals surface area contributed by atoms with E-state index in [1.54, 1.807) is 6.07 Å². The average Bonchev–Trinajstić information content (AvgIpc) is 2.43. The van der Waals surface area contributed by atoms with Crippen LogP contribution in [0, 0.1) is 0 Å². The van der Waals surface area contributed by atoms with E-state index in [9.17, 15) is 4.79 Å². The van der Waals surface area contributed by atoms with Crippen LogP contribution >= 0.6 is 15.9 Å². The van der Waals surface area contributed by atoms with E-state index in [2.05, 4.69) is 31.2 Å². The SMILES string of the molecule is CCCNC(=O)C1COCCN1c1nc(N)cc(Br)n1. The van der Waals surface area contributed by atoms with E-state index in [0.717, 1.165) is 6.42 Å². The van der Waals surface area contributed by atoms with Gasteiger partial charge in [-0.15, -0.1) is 0 Å². The number of nitrogens with one attached hydrogen (secondary N) is 1. The summed E-state index contributed by atoms with van der Waals surface area (Å²) in [5.74, 6) is 0.728. The predicted octanol–water partition coefficient (Wildman–Crippen LogP) is 0.553. The minimum Gasteiger partial charge on any atom is -0.383 e. The number of ether oxygens (including phenoxy) is 1. The molecule has 1 aliphatic rings. The zero-order chi connectivity index (χ0) is 14.5. The summed E-state index contributed by atoms with van der Waals surface area (Å²) >= 11 is 3.29. The number of anilines is 2. The van der Waals surface area contributed by atoms with Gasteiger partial charge in [0.2, 0.25) is 11.9 Å². The van der Waals surface area contributed by atoms with E-state index in [0.29, 0.717) is 42.7 Å². The summed E-state index contributed by atoms with van der Waals surface area (Å²) in [6, 6.07) is 1.19. The van der Waals surface area contributed by atoms with E-state index < -0.39 is 6.04 Å². The number of hydrogen-bond acceptors (Lipinski definition) is 6. The second kappa shape index (κ2) is 6.85. The number of halogens is 1. The third kappa shape index (κ3) is 3.57. The quantitative estimate of drug-likeness (QED) is 0.775. The molecule has 2 heterocycles. The molecule has 1 aromatic heterocycles.